The fourth-order valence-electron chi connectivity index (χ4n) is 4.66. The molecule has 0 radical (unpaired) electrons. The molecule has 0 aliphatic carbocycles. The Hall–Kier alpha value is -4.72. The van der Waals surface area contributed by atoms with Gasteiger partial charge in [-0.1, -0.05) is 36.4 Å². The molecule has 1 saturated heterocycles. The molecule has 178 valence electrons. The van der Waals surface area contributed by atoms with Gasteiger partial charge in [-0.15, -0.1) is 0 Å². The first-order valence-corrected chi connectivity index (χ1v) is 11.7. The van der Waals surface area contributed by atoms with Gasteiger partial charge in [-0.2, -0.15) is 0 Å². The van der Waals surface area contributed by atoms with Crippen molar-refractivity contribution in [3.8, 4) is 11.5 Å². The van der Waals surface area contributed by atoms with Crippen LogP contribution in [-0.4, -0.2) is 63.5 Å². The minimum atomic E-state index is -0.592. The number of carbonyl (C=O) groups is 3. The lowest BCUT2D eigenvalue weighted by Gasteiger charge is -2.34. The molecule has 3 aromatic heterocycles. The van der Waals surface area contributed by atoms with E-state index in [0.29, 0.717) is 54.1 Å². The molecule has 8 nitrogen and oxygen atoms in total. The average Bonchev–Trinajstić information content (AvgIpc) is 3.57. The first-order valence-electron chi connectivity index (χ1n) is 11.7. The van der Waals surface area contributed by atoms with Gasteiger partial charge in [0, 0.05) is 54.9 Å². The maximum Gasteiger partial charge on any atom is 0.295 e. The SMILES string of the molecule is O=C(C(=O)N1CCN(C(=O)c2ccccc2)CC1)c1c[nH]c2c(-c3cc4ccccc4o3)nccc12. The lowest BCUT2D eigenvalue weighted by molar-refractivity contribution is -0.127. The number of fused-ring (bicyclic) bond motifs is 2. The van der Waals surface area contributed by atoms with Crippen molar-refractivity contribution in [3.63, 3.8) is 0 Å². The number of hydrogen-bond donors (Lipinski definition) is 1. The van der Waals surface area contributed by atoms with E-state index in [1.54, 1.807) is 35.5 Å². The summed E-state index contributed by atoms with van der Waals surface area (Å²) in [5.74, 6) is -0.667. The van der Waals surface area contributed by atoms with E-state index in [4.69, 9.17) is 4.42 Å². The summed E-state index contributed by atoms with van der Waals surface area (Å²) in [4.78, 5) is 49.8. The second kappa shape index (κ2) is 8.81. The van der Waals surface area contributed by atoms with Crippen LogP contribution in [0.3, 0.4) is 0 Å². The molecule has 0 bridgehead atoms. The summed E-state index contributed by atoms with van der Waals surface area (Å²) in [7, 11) is 0. The normalized spacial score (nSPS) is 13.9. The number of para-hydroxylation sites is 1. The van der Waals surface area contributed by atoms with Gasteiger partial charge in [0.05, 0.1) is 11.1 Å². The van der Waals surface area contributed by atoms with Crippen molar-refractivity contribution in [2.45, 2.75) is 0 Å². The van der Waals surface area contributed by atoms with Crippen molar-refractivity contribution in [2.24, 2.45) is 0 Å². The van der Waals surface area contributed by atoms with E-state index in [2.05, 4.69) is 9.97 Å². The second-order valence-corrected chi connectivity index (χ2v) is 8.71. The van der Waals surface area contributed by atoms with Gasteiger partial charge < -0.3 is 19.2 Å². The van der Waals surface area contributed by atoms with E-state index in [-0.39, 0.29) is 11.5 Å². The van der Waals surface area contributed by atoms with E-state index >= 15 is 0 Å². The second-order valence-electron chi connectivity index (χ2n) is 8.71. The maximum absolute atomic E-state index is 13.2. The largest absolute Gasteiger partial charge is 0.454 e. The average molecular weight is 479 g/mol. The molecule has 6 rings (SSSR count). The number of nitrogens with zero attached hydrogens (tertiary/aromatic N) is 3. The molecule has 1 N–H and O–H groups in total. The molecule has 2 aromatic carbocycles. The van der Waals surface area contributed by atoms with Gasteiger partial charge in [0.15, 0.2) is 5.76 Å². The smallest absolute Gasteiger partial charge is 0.295 e. The number of piperazine rings is 1. The number of amides is 2. The Balaban J connectivity index is 1.21. The maximum atomic E-state index is 13.2. The number of H-pyrrole nitrogens is 1. The molecule has 0 unspecified atom stereocenters. The number of furan rings is 1. The lowest BCUT2D eigenvalue weighted by atomic mass is 10.1. The number of aromatic amines is 1. The van der Waals surface area contributed by atoms with Crippen LogP contribution >= 0.6 is 0 Å². The zero-order valence-corrected chi connectivity index (χ0v) is 19.3. The predicted octanol–water partition coefficient (Wildman–Crippen LogP) is 4.14. The Morgan fingerprint density at radius 3 is 2.36 bits per heavy atom. The molecular weight excluding hydrogens is 456 g/mol. The van der Waals surface area contributed by atoms with Gasteiger partial charge in [-0.05, 0) is 30.3 Å². The van der Waals surface area contributed by atoms with Crippen LogP contribution in [0, 0.1) is 0 Å². The standard InChI is InChI=1S/C28H22N4O4/c33-26(28(35)32-14-12-31(13-15-32)27(34)18-6-2-1-3-7-18)21-17-30-24-20(21)10-11-29-25(24)23-16-19-8-4-5-9-22(19)36-23/h1-11,16-17,30H,12-15H2. The van der Waals surface area contributed by atoms with Gasteiger partial charge >= 0.3 is 0 Å². The number of rotatable bonds is 4. The number of pyridine rings is 1. The summed E-state index contributed by atoms with van der Waals surface area (Å²) < 4.78 is 5.96. The first-order chi connectivity index (χ1) is 17.6. The fraction of sp³-hybridized carbons (Fsp3) is 0.143. The molecule has 8 heteroatoms. The summed E-state index contributed by atoms with van der Waals surface area (Å²) in [6.07, 6.45) is 3.15. The fourth-order valence-corrected chi connectivity index (χ4v) is 4.66. The Bertz CT molecular complexity index is 1580. The minimum Gasteiger partial charge on any atom is -0.454 e. The molecule has 36 heavy (non-hydrogen) atoms. The van der Waals surface area contributed by atoms with Gasteiger partial charge in [0.2, 0.25) is 0 Å². The van der Waals surface area contributed by atoms with Crippen LogP contribution in [0.25, 0.3) is 33.3 Å². The summed E-state index contributed by atoms with van der Waals surface area (Å²) in [5, 5.41) is 1.56. The zero-order chi connectivity index (χ0) is 24.6. The molecule has 1 aliphatic rings. The molecular formula is C28H22N4O4. The van der Waals surface area contributed by atoms with Crippen LogP contribution in [0.2, 0.25) is 0 Å². The quantitative estimate of drug-likeness (QED) is 0.309. The van der Waals surface area contributed by atoms with E-state index in [1.807, 2.05) is 48.5 Å². The number of hydrogen-bond acceptors (Lipinski definition) is 5. The molecule has 0 saturated carbocycles. The highest BCUT2D eigenvalue weighted by atomic mass is 16.3. The Morgan fingerprint density at radius 2 is 1.58 bits per heavy atom. The van der Waals surface area contributed by atoms with Crippen LogP contribution in [0.1, 0.15) is 20.7 Å². The van der Waals surface area contributed by atoms with Gasteiger partial charge in [-0.25, -0.2) is 0 Å². The van der Waals surface area contributed by atoms with Crippen LogP contribution in [0.4, 0.5) is 0 Å². The van der Waals surface area contributed by atoms with Crippen molar-refractivity contribution < 1.29 is 18.8 Å². The summed E-state index contributed by atoms with van der Waals surface area (Å²) >= 11 is 0. The van der Waals surface area contributed by atoms with Crippen molar-refractivity contribution in [2.75, 3.05) is 26.2 Å². The van der Waals surface area contributed by atoms with Crippen molar-refractivity contribution in [1.29, 1.82) is 0 Å². The Labute approximate surface area is 206 Å². The number of carbonyl (C=O) groups excluding carboxylic acids is 3. The number of benzene rings is 2. The van der Waals surface area contributed by atoms with E-state index < -0.39 is 11.7 Å². The third-order valence-corrected chi connectivity index (χ3v) is 6.57. The highest BCUT2D eigenvalue weighted by Gasteiger charge is 2.30. The zero-order valence-electron chi connectivity index (χ0n) is 19.3. The number of Topliss-reactive ketones (excluding diaryl/α,β-unsaturated/α-hetero) is 1. The number of aromatic nitrogens is 2. The van der Waals surface area contributed by atoms with E-state index in [1.165, 1.54) is 4.90 Å². The van der Waals surface area contributed by atoms with Crippen molar-refractivity contribution in [1.82, 2.24) is 19.8 Å². The molecule has 0 spiro atoms. The van der Waals surface area contributed by atoms with E-state index in [0.717, 1.165) is 11.0 Å². The van der Waals surface area contributed by atoms with Crippen molar-refractivity contribution in [3.05, 3.63) is 90.3 Å². The topological polar surface area (TPSA) is 99.5 Å². The van der Waals surface area contributed by atoms with Gasteiger partial charge in [-0.3, -0.25) is 19.4 Å². The van der Waals surface area contributed by atoms with Crippen LogP contribution in [-0.2, 0) is 4.79 Å². The Morgan fingerprint density at radius 1 is 0.861 bits per heavy atom. The monoisotopic (exact) mass is 478 g/mol. The third kappa shape index (κ3) is 3.73. The third-order valence-electron chi connectivity index (χ3n) is 6.57. The van der Waals surface area contributed by atoms with Gasteiger partial charge in [0.1, 0.15) is 11.3 Å². The summed E-state index contributed by atoms with van der Waals surface area (Å²) in [6, 6.07) is 20.3. The molecule has 1 aliphatic heterocycles. The minimum absolute atomic E-state index is 0.0729. The molecule has 4 heterocycles. The van der Waals surface area contributed by atoms with Crippen molar-refractivity contribution >= 4 is 39.5 Å². The number of ketones is 1. The molecule has 2 amide bonds. The molecule has 5 aromatic rings. The van der Waals surface area contributed by atoms with E-state index in [9.17, 15) is 14.4 Å². The van der Waals surface area contributed by atoms with Crippen LogP contribution < -0.4 is 0 Å². The molecule has 1 fully saturated rings. The summed E-state index contributed by atoms with van der Waals surface area (Å²) in [5.41, 5.74) is 2.85. The Kier molecular flexibility index (Phi) is 5.33. The predicted molar refractivity (Wildman–Crippen MR) is 135 cm³/mol. The first kappa shape index (κ1) is 21.8. The lowest BCUT2D eigenvalue weighted by Crippen LogP contribution is -2.52. The van der Waals surface area contributed by atoms with Gasteiger partial charge in [0.25, 0.3) is 17.6 Å². The van der Waals surface area contributed by atoms with Crippen LogP contribution in [0.5, 0.6) is 0 Å². The highest BCUT2D eigenvalue weighted by Crippen LogP contribution is 2.32. The number of nitrogens with one attached hydrogen (secondary N) is 1. The van der Waals surface area contributed by atoms with Crippen LogP contribution in [0.15, 0.2) is 83.5 Å². The molecule has 0 atom stereocenters. The highest BCUT2D eigenvalue weighted by molar-refractivity contribution is 6.45. The summed E-state index contributed by atoms with van der Waals surface area (Å²) in [6.45, 7) is 1.36.